The topological polar surface area (TPSA) is 117 Å². The SMILES string of the molecule is Cc1nc(C(NC(=O)CC(C(N)=O)c2ccc(Cl)cc2)C2CCCCN2)sc1CO. The highest BCUT2D eigenvalue weighted by Crippen LogP contribution is 2.30. The molecule has 2 aromatic rings. The van der Waals surface area contributed by atoms with Gasteiger partial charge >= 0.3 is 0 Å². The van der Waals surface area contributed by atoms with Gasteiger partial charge in [-0.3, -0.25) is 9.59 Å². The lowest BCUT2D eigenvalue weighted by Crippen LogP contribution is -2.46. The third-order valence-corrected chi connectivity index (χ3v) is 6.87. The van der Waals surface area contributed by atoms with Crippen LogP contribution in [0, 0.1) is 6.92 Å². The largest absolute Gasteiger partial charge is 0.391 e. The van der Waals surface area contributed by atoms with E-state index in [2.05, 4.69) is 15.6 Å². The van der Waals surface area contributed by atoms with E-state index in [0.29, 0.717) is 10.6 Å². The van der Waals surface area contributed by atoms with Crippen molar-refractivity contribution in [2.24, 2.45) is 5.73 Å². The lowest BCUT2D eigenvalue weighted by Gasteiger charge is -2.31. The van der Waals surface area contributed by atoms with Crippen LogP contribution in [0.25, 0.3) is 0 Å². The minimum atomic E-state index is -0.742. The molecular weight excluding hydrogens is 424 g/mol. The number of carbonyl (C=O) groups excluding carboxylic acids is 2. The van der Waals surface area contributed by atoms with E-state index in [-0.39, 0.29) is 31.0 Å². The zero-order valence-electron chi connectivity index (χ0n) is 16.9. The first kappa shape index (κ1) is 22.7. The van der Waals surface area contributed by atoms with Crippen molar-refractivity contribution < 1.29 is 14.7 Å². The standard InChI is InChI=1S/C21H27ClN4O3S/c1-12-17(11-27)30-21(25-12)19(16-4-2-3-9-24-16)26-18(28)10-15(20(23)29)13-5-7-14(22)8-6-13/h5-8,15-16,19,24,27H,2-4,9-11H2,1H3,(H2,23,29)(H,26,28). The molecule has 5 N–H and O–H groups in total. The summed E-state index contributed by atoms with van der Waals surface area (Å²) in [6.45, 7) is 2.65. The molecule has 1 aliphatic rings. The second-order valence-electron chi connectivity index (χ2n) is 7.53. The Labute approximate surface area is 185 Å². The Bertz CT molecular complexity index is 881. The van der Waals surface area contributed by atoms with Crippen LogP contribution in [0.4, 0.5) is 0 Å². The van der Waals surface area contributed by atoms with Crippen LogP contribution in [0.15, 0.2) is 24.3 Å². The summed E-state index contributed by atoms with van der Waals surface area (Å²) in [5.74, 6) is -1.58. The minimum absolute atomic E-state index is 0.0438. The Morgan fingerprint density at radius 2 is 2.10 bits per heavy atom. The number of nitrogens with zero attached hydrogens (tertiary/aromatic N) is 1. The minimum Gasteiger partial charge on any atom is -0.391 e. The van der Waals surface area contributed by atoms with Crippen LogP contribution in [0.2, 0.25) is 5.02 Å². The summed E-state index contributed by atoms with van der Waals surface area (Å²) in [5, 5.41) is 17.4. The number of hydrogen-bond donors (Lipinski definition) is 4. The second-order valence-corrected chi connectivity index (χ2v) is 9.08. The maximum Gasteiger partial charge on any atom is 0.225 e. The fourth-order valence-corrected chi connectivity index (χ4v) is 4.89. The van der Waals surface area contributed by atoms with Gasteiger partial charge in [0.1, 0.15) is 5.01 Å². The van der Waals surface area contributed by atoms with Crippen molar-refractivity contribution in [2.45, 2.75) is 57.2 Å². The number of nitrogens with one attached hydrogen (secondary N) is 2. The third kappa shape index (κ3) is 5.57. The number of carbonyl (C=O) groups is 2. The van der Waals surface area contributed by atoms with Crippen LogP contribution in [-0.2, 0) is 16.2 Å². The summed E-state index contributed by atoms with van der Waals surface area (Å²) in [4.78, 5) is 30.3. The highest BCUT2D eigenvalue weighted by atomic mass is 35.5. The van der Waals surface area contributed by atoms with Crippen LogP contribution in [0.5, 0.6) is 0 Å². The molecule has 3 rings (SSSR count). The Kier molecular flexibility index (Phi) is 7.82. The molecule has 30 heavy (non-hydrogen) atoms. The van der Waals surface area contributed by atoms with E-state index in [0.717, 1.165) is 41.4 Å². The number of benzene rings is 1. The normalized spacial score (nSPS) is 18.6. The van der Waals surface area contributed by atoms with Gasteiger partial charge < -0.3 is 21.5 Å². The van der Waals surface area contributed by atoms with Gasteiger partial charge in [0.15, 0.2) is 0 Å². The number of aromatic nitrogens is 1. The summed E-state index contributed by atoms with van der Waals surface area (Å²) in [6.07, 6.45) is 3.01. The molecule has 9 heteroatoms. The van der Waals surface area contributed by atoms with Gasteiger partial charge in [-0.05, 0) is 44.0 Å². The quantitative estimate of drug-likeness (QED) is 0.493. The van der Waals surface area contributed by atoms with Gasteiger partial charge in [0.25, 0.3) is 0 Å². The number of aliphatic hydroxyl groups excluding tert-OH is 1. The molecule has 0 bridgehead atoms. The van der Waals surface area contributed by atoms with E-state index < -0.39 is 11.8 Å². The van der Waals surface area contributed by atoms with Crippen LogP contribution in [-0.4, -0.2) is 34.5 Å². The predicted octanol–water partition coefficient (Wildman–Crippen LogP) is 2.56. The van der Waals surface area contributed by atoms with E-state index in [1.165, 1.54) is 11.3 Å². The van der Waals surface area contributed by atoms with Crippen molar-refractivity contribution in [1.29, 1.82) is 0 Å². The van der Waals surface area contributed by atoms with Gasteiger partial charge in [0.2, 0.25) is 11.8 Å². The molecule has 2 heterocycles. The number of piperidine rings is 1. The summed E-state index contributed by atoms with van der Waals surface area (Å²) in [6, 6.07) is 6.48. The zero-order chi connectivity index (χ0) is 21.7. The number of rotatable bonds is 8. The van der Waals surface area contributed by atoms with E-state index in [1.54, 1.807) is 24.3 Å². The van der Waals surface area contributed by atoms with Gasteiger partial charge in [-0.1, -0.05) is 30.2 Å². The molecule has 162 valence electrons. The van der Waals surface area contributed by atoms with Crippen LogP contribution < -0.4 is 16.4 Å². The first-order valence-corrected chi connectivity index (χ1v) is 11.2. The Morgan fingerprint density at radius 3 is 2.67 bits per heavy atom. The second kappa shape index (κ2) is 10.3. The molecule has 1 saturated heterocycles. The van der Waals surface area contributed by atoms with Crippen LogP contribution >= 0.6 is 22.9 Å². The first-order chi connectivity index (χ1) is 14.4. The number of aryl methyl sites for hydroxylation is 1. The fourth-order valence-electron chi connectivity index (χ4n) is 3.72. The van der Waals surface area contributed by atoms with Gasteiger partial charge in [0.05, 0.1) is 29.1 Å². The monoisotopic (exact) mass is 450 g/mol. The van der Waals surface area contributed by atoms with Gasteiger partial charge in [-0.2, -0.15) is 0 Å². The fraction of sp³-hybridized carbons (Fsp3) is 0.476. The number of nitrogens with two attached hydrogens (primary N) is 1. The molecule has 7 nitrogen and oxygen atoms in total. The summed E-state index contributed by atoms with van der Waals surface area (Å²) in [5.41, 5.74) is 7.00. The number of primary amides is 1. The summed E-state index contributed by atoms with van der Waals surface area (Å²) < 4.78 is 0. The molecule has 0 saturated carbocycles. The maximum absolute atomic E-state index is 12.9. The summed E-state index contributed by atoms with van der Waals surface area (Å²) >= 11 is 7.33. The molecule has 2 amide bonds. The number of aliphatic hydroxyl groups is 1. The van der Waals surface area contributed by atoms with Gasteiger partial charge in [-0.25, -0.2) is 4.98 Å². The molecule has 0 aliphatic carbocycles. The lowest BCUT2D eigenvalue weighted by molar-refractivity contribution is -0.126. The van der Waals surface area contributed by atoms with E-state index in [1.807, 2.05) is 6.92 Å². The Hall–Kier alpha value is -2.00. The van der Waals surface area contributed by atoms with Crippen molar-refractivity contribution >= 4 is 34.8 Å². The number of thiazole rings is 1. The predicted molar refractivity (Wildman–Crippen MR) is 117 cm³/mol. The van der Waals surface area contributed by atoms with Crippen LogP contribution in [0.3, 0.4) is 0 Å². The highest BCUT2D eigenvalue weighted by molar-refractivity contribution is 7.11. The highest BCUT2D eigenvalue weighted by Gasteiger charge is 2.31. The number of hydrogen-bond acceptors (Lipinski definition) is 6. The lowest BCUT2D eigenvalue weighted by atomic mass is 9.93. The van der Waals surface area contributed by atoms with Crippen LogP contribution in [0.1, 0.15) is 58.8 Å². The van der Waals surface area contributed by atoms with Gasteiger partial charge in [0, 0.05) is 17.5 Å². The van der Waals surface area contributed by atoms with Crippen molar-refractivity contribution in [3.63, 3.8) is 0 Å². The molecule has 0 radical (unpaired) electrons. The van der Waals surface area contributed by atoms with E-state index in [9.17, 15) is 14.7 Å². The van der Waals surface area contributed by atoms with Crippen molar-refractivity contribution in [2.75, 3.05) is 6.54 Å². The average molecular weight is 451 g/mol. The number of halogens is 1. The molecule has 1 aliphatic heterocycles. The average Bonchev–Trinajstić information content (AvgIpc) is 3.12. The van der Waals surface area contributed by atoms with Crippen molar-refractivity contribution in [3.8, 4) is 0 Å². The Morgan fingerprint density at radius 1 is 1.37 bits per heavy atom. The molecule has 3 unspecified atom stereocenters. The number of amides is 2. The zero-order valence-corrected chi connectivity index (χ0v) is 18.4. The van der Waals surface area contributed by atoms with Crippen molar-refractivity contribution in [1.82, 2.24) is 15.6 Å². The Balaban J connectivity index is 1.79. The molecule has 1 fully saturated rings. The van der Waals surface area contributed by atoms with E-state index in [4.69, 9.17) is 17.3 Å². The van der Waals surface area contributed by atoms with Gasteiger partial charge in [-0.15, -0.1) is 11.3 Å². The summed E-state index contributed by atoms with van der Waals surface area (Å²) in [7, 11) is 0. The maximum atomic E-state index is 12.9. The third-order valence-electron chi connectivity index (χ3n) is 5.39. The molecule has 0 spiro atoms. The first-order valence-electron chi connectivity index (χ1n) is 10.0. The molecular formula is C21H27ClN4O3S. The van der Waals surface area contributed by atoms with Crippen molar-refractivity contribution in [3.05, 3.63) is 50.4 Å². The van der Waals surface area contributed by atoms with E-state index >= 15 is 0 Å². The molecule has 1 aromatic carbocycles. The molecule has 3 atom stereocenters. The molecule has 1 aromatic heterocycles. The smallest absolute Gasteiger partial charge is 0.225 e.